The van der Waals surface area contributed by atoms with Crippen molar-refractivity contribution < 1.29 is 18.8 Å². The number of ether oxygens (including phenoxy) is 1. The predicted molar refractivity (Wildman–Crippen MR) is 79.6 cm³/mol. The summed E-state index contributed by atoms with van der Waals surface area (Å²) in [7, 11) is 0.586. The molecule has 0 amide bonds. The average molecular weight is 362 g/mol. The van der Waals surface area contributed by atoms with Crippen LogP contribution in [0, 0.1) is 0 Å². The summed E-state index contributed by atoms with van der Waals surface area (Å²) in [5.41, 5.74) is 0.0793. The van der Waals surface area contributed by atoms with Crippen molar-refractivity contribution in [3.63, 3.8) is 0 Å². The van der Waals surface area contributed by atoms with Crippen molar-refractivity contribution in [2.45, 2.75) is 11.0 Å². The molecule has 1 heterocycles. The van der Waals surface area contributed by atoms with Gasteiger partial charge in [0.15, 0.2) is 0 Å². The molecule has 1 aromatic carbocycles. The largest absolute Gasteiger partial charge is 0.478 e. The summed E-state index contributed by atoms with van der Waals surface area (Å²) in [6.07, 6.45) is -0.129. The van der Waals surface area contributed by atoms with E-state index in [1.165, 1.54) is 6.07 Å². The van der Waals surface area contributed by atoms with Crippen molar-refractivity contribution in [1.29, 1.82) is 0 Å². The van der Waals surface area contributed by atoms with Crippen molar-refractivity contribution in [1.82, 2.24) is 4.90 Å². The number of likely N-dealkylation sites (N-methyl/N-ethyl adjacent to an activating group) is 1. The first-order valence-corrected chi connectivity index (χ1v) is 8.30. The molecule has 110 valence electrons. The first-order chi connectivity index (χ1) is 9.47. The Morgan fingerprint density at radius 2 is 2.35 bits per heavy atom. The zero-order valence-electron chi connectivity index (χ0n) is 11.0. The molecule has 1 N–H and O–H groups in total. The number of aromatic carboxylic acids is 1. The highest BCUT2D eigenvalue weighted by Gasteiger charge is 2.23. The van der Waals surface area contributed by atoms with Crippen molar-refractivity contribution in [2.24, 2.45) is 0 Å². The summed E-state index contributed by atoms with van der Waals surface area (Å²) in [5.74, 6) is -0.760. The second-order valence-corrected chi connectivity index (χ2v) is 7.09. The molecule has 0 radical (unpaired) electrons. The molecule has 1 fully saturated rings. The molecule has 1 aliphatic heterocycles. The minimum absolute atomic E-state index is 0.0793. The van der Waals surface area contributed by atoms with Gasteiger partial charge >= 0.3 is 5.97 Å². The summed E-state index contributed by atoms with van der Waals surface area (Å²) in [6, 6.07) is 4.70. The number of carboxylic acids is 1. The number of carboxylic acid groups (broad SMARTS) is 1. The van der Waals surface area contributed by atoms with Crippen LogP contribution in [0.4, 0.5) is 0 Å². The van der Waals surface area contributed by atoms with Gasteiger partial charge in [-0.3, -0.25) is 4.21 Å². The van der Waals surface area contributed by atoms with Gasteiger partial charge in [0.1, 0.15) is 0 Å². The van der Waals surface area contributed by atoms with Crippen molar-refractivity contribution in [3.05, 3.63) is 28.2 Å². The molecule has 0 spiro atoms. The zero-order valence-corrected chi connectivity index (χ0v) is 13.4. The van der Waals surface area contributed by atoms with Gasteiger partial charge in [0, 0.05) is 17.6 Å². The highest BCUT2D eigenvalue weighted by atomic mass is 79.9. The van der Waals surface area contributed by atoms with E-state index in [2.05, 4.69) is 20.8 Å². The molecular weight excluding hydrogens is 346 g/mol. The van der Waals surface area contributed by atoms with E-state index in [0.717, 1.165) is 6.54 Å². The molecule has 2 rings (SSSR count). The van der Waals surface area contributed by atoms with Gasteiger partial charge in [0.2, 0.25) is 0 Å². The van der Waals surface area contributed by atoms with E-state index in [4.69, 9.17) is 9.84 Å². The summed E-state index contributed by atoms with van der Waals surface area (Å²) in [5, 5.41) is 9.16. The molecule has 0 aliphatic carbocycles. The van der Waals surface area contributed by atoms with E-state index in [9.17, 15) is 9.00 Å². The number of rotatable bonds is 4. The summed E-state index contributed by atoms with van der Waals surface area (Å²) in [4.78, 5) is 13.6. The van der Waals surface area contributed by atoms with E-state index < -0.39 is 16.8 Å². The first-order valence-electron chi connectivity index (χ1n) is 6.18. The smallest absolute Gasteiger partial charge is 0.336 e. The molecule has 0 bridgehead atoms. The van der Waals surface area contributed by atoms with Gasteiger partial charge < -0.3 is 14.7 Å². The first kappa shape index (κ1) is 15.6. The Morgan fingerprint density at radius 1 is 1.60 bits per heavy atom. The van der Waals surface area contributed by atoms with Crippen molar-refractivity contribution in [3.8, 4) is 0 Å². The van der Waals surface area contributed by atoms with Crippen molar-refractivity contribution >= 4 is 32.7 Å². The van der Waals surface area contributed by atoms with Gasteiger partial charge in [-0.05, 0) is 25.2 Å². The lowest BCUT2D eigenvalue weighted by Gasteiger charge is -2.29. The lowest BCUT2D eigenvalue weighted by atomic mass is 10.2. The van der Waals surface area contributed by atoms with Crippen LogP contribution in [-0.4, -0.2) is 58.8 Å². The minimum Gasteiger partial charge on any atom is -0.478 e. The molecule has 0 aromatic heterocycles. The van der Waals surface area contributed by atoms with Crippen LogP contribution in [0.3, 0.4) is 0 Å². The summed E-state index contributed by atoms with van der Waals surface area (Å²) < 4.78 is 18.7. The Balaban J connectivity index is 2.16. The number of nitrogens with zero attached hydrogens (tertiary/aromatic N) is 1. The lowest BCUT2D eigenvalue weighted by molar-refractivity contribution is -0.00642. The van der Waals surface area contributed by atoms with Gasteiger partial charge in [0.05, 0.1) is 39.7 Å². The quantitative estimate of drug-likeness (QED) is 0.881. The fraction of sp³-hybridized carbons (Fsp3) is 0.462. The Labute approximate surface area is 128 Å². The normalized spacial score (nSPS) is 21.6. The van der Waals surface area contributed by atoms with Gasteiger partial charge in [-0.1, -0.05) is 15.9 Å². The number of halogens is 1. The molecule has 1 aromatic rings. The Hall–Kier alpha value is -0.760. The van der Waals surface area contributed by atoms with E-state index >= 15 is 0 Å². The molecule has 7 heteroatoms. The van der Waals surface area contributed by atoms with E-state index in [0.29, 0.717) is 28.3 Å². The van der Waals surface area contributed by atoms with Gasteiger partial charge in [-0.25, -0.2) is 4.79 Å². The molecule has 20 heavy (non-hydrogen) atoms. The van der Waals surface area contributed by atoms with Crippen LogP contribution in [0.2, 0.25) is 0 Å². The van der Waals surface area contributed by atoms with E-state index in [1.807, 2.05) is 7.05 Å². The molecular formula is C13H16BrNO4S. The topological polar surface area (TPSA) is 66.8 Å². The molecule has 5 nitrogen and oxygen atoms in total. The maximum atomic E-state index is 12.4. The minimum atomic E-state index is -1.40. The third-order valence-electron chi connectivity index (χ3n) is 3.10. The Kier molecular flexibility index (Phi) is 5.31. The Bertz CT molecular complexity index is 537. The summed E-state index contributed by atoms with van der Waals surface area (Å²) >= 11 is 3.28. The van der Waals surface area contributed by atoms with Gasteiger partial charge in [0.25, 0.3) is 0 Å². The second-order valence-electron chi connectivity index (χ2n) is 4.71. The van der Waals surface area contributed by atoms with Gasteiger partial charge in [-0.15, -0.1) is 0 Å². The standard InChI is InChI=1S/C13H16BrNO4S/c1-15-4-5-19-10(7-15)8-20(18)12-6-9(14)2-3-11(12)13(16)17/h2-3,6,10H,4-5,7-8H2,1H3,(H,16,17). The van der Waals surface area contributed by atoms with Crippen LogP contribution in [0.1, 0.15) is 10.4 Å². The third kappa shape index (κ3) is 3.88. The van der Waals surface area contributed by atoms with Gasteiger partial charge in [-0.2, -0.15) is 0 Å². The SMILES string of the molecule is CN1CCOC(CS(=O)c2cc(Br)ccc2C(=O)O)C1. The van der Waals surface area contributed by atoms with Crippen LogP contribution >= 0.6 is 15.9 Å². The number of morpholine rings is 1. The number of benzene rings is 1. The fourth-order valence-electron chi connectivity index (χ4n) is 2.09. The molecule has 2 atom stereocenters. The maximum absolute atomic E-state index is 12.4. The number of carbonyl (C=O) groups is 1. The summed E-state index contributed by atoms with van der Waals surface area (Å²) in [6.45, 7) is 2.19. The van der Waals surface area contributed by atoms with Crippen LogP contribution in [0.5, 0.6) is 0 Å². The molecule has 0 saturated carbocycles. The van der Waals surface area contributed by atoms with Crippen LogP contribution < -0.4 is 0 Å². The molecule has 2 unspecified atom stereocenters. The molecule has 1 saturated heterocycles. The highest BCUT2D eigenvalue weighted by Crippen LogP contribution is 2.21. The third-order valence-corrected chi connectivity index (χ3v) is 5.09. The number of hydrogen-bond acceptors (Lipinski definition) is 4. The van der Waals surface area contributed by atoms with Crippen LogP contribution in [0.25, 0.3) is 0 Å². The monoisotopic (exact) mass is 361 g/mol. The van der Waals surface area contributed by atoms with Crippen LogP contribution in [0.15, 0.2) is 27.6 Å². The zero-order chi connectivity index (χ0) is 14.7. The lowest BCUT2D eigenvalue weighted by Crippen LogP contribution is -2.42. The predicted octanol–water partition coefficient (Wildman–Crippen LogP) is 1.59. The average Bonchev–Trinajstić information content (AvgIpc) is 2.38. The van der Waals surface area contributed by atoms with Crippen molar-refractivity contribution in [2.75, 3.05) is 32.5 Å². The Morgan fingerprint density at radius 3 is 3.00 bits per heavy atom. The number of hydrogen-bond donors (Lipinski definition) is 1. The fourth-order valence-corrected chi connectivity index (χ4v) is 3.98. The van der Waals surface area contributed by atoms with E-state index in [1.54, 1.807) is 12.1 Å². The van der Waals surface area contributed by atoms with Crippen LogP contribution in [-0.2, 0) is 15.5 Å². The van der Waals surface area contributed by atoms with E-state index in [-0.39, 0.29) is 11.7 Å². The second kappa shape index (κ2) is 6.80. The maximum Gasteiger partial charge on any atom is 0.336 e. The highest BCUT2D eigenvalue weighted by molar-refractivity contribution is 9.10. The molecule has 1 aliphatic rings.